The van der Waals surface area contributed by atoms with Gasteiger partial charge in [-0.2, -0.15) is 9.97 Å². The molecular weight excluding hydrogens is 274 g/mol. The van der Waals surface area contributed by atoms with Crippen molar-refractivity contribution in [3.8, 4) is 11.8 Å². The molecule has 0 bridgehead atoms. The first kappa shape index (κ1) is 15.3. The van der Waals surface area contributed by atoms with Crippen LogP contribution in [0.1, 0.15) is 32.6 Å². The number of carbonyl (C=O) groups is 1. The molecule has 116 valence electrons. The summed E-state index contributed by atoms with van der Waals surface area (Å²) in [6.45, 7) is 2.06. The zero-order valence-electron chi connectivity index (χ0n) is 12.5. The first-order chi connectivity index (χ1) is 9.99. The summed E-state index contributed by atoms with van der Waals surface area (Å²) < 4.78 is 10.2. The number of rotatable bonds is 5. The van der Waals surface area contributed by atoms with Crippen molar-refractivity contribution >= 4 is 11.9 Å². The molecule has 1 fully saturated rings. The molecule has 2 unspecified atom stereocenters. The molecule has 1 heterocycles. The lowest BCUT2D eigenvalue weighted by Crippen LogP contribution is -2.50. The summed E-state index contributed by atoms with van der Waals surface area (Å²) in [6, 6.07) is 1.54. The van der Waals surface area contributed by atoms with Crippen LogP contribution in [0.15, 0.2) is 6.07 Å². The van der Waals surface area contributed by atoms with Crippen molar-refractivity contribution in [2.45, 2.75) is 38.1 Å². The summed E-state index contributed by atoms with van der Waals surface area (Å²) in [5.74, 6) is 0.333. The van der Waals surface area contributed by atoms with E-state index < -0.39 is 11.5 Å². The smallest absolute Gasteiger partial charge is 0.329 e. The van der Waals surface area contributed by atoms with Crippen LogP contribution < -0.4 is 14.8 Å². The van der Waals surface area contributed by atoms with Gasteiger partial charge >= 0.3 is 5.97 Å². The van der Waals surface area contributed by atoms with Crippen LogP contribution in [0.4, 0.5) is 5.95 Å². The second-order valence-corrected chi connectivity index (χ2v) is 5.49. The van der Waals surface area contributed by atoms with E-state index in [1.54, 1.807) is 6.07 Å². The molecule has 1 aliphatic carbocycles. The monoisotopic (exact) mass is 295 g/mol. The fourth-order valence-corrected chi connectivity index (χ4v) is 2.80. The highest BCUT2D eigenvalue weighted by atomic mass is 16.5. The number of hydrogen-bond donors (Lipinski definition) is 2. The van der Waals surface area contributed by atoms with Crippen molar-refractivity contribution in [1.29, 1.82) is 0 Å². The Bertz CT molecular complexity index is 501. The summed E-state index contributed by atoms with van der Waals surface area (Å²) >= 11 is 0. The molecule has 2 N–H and O–H groups in total. The van der Waals surface area contributed by atoms with Crippen LogP contribution in [0, 0.1) is 5.92 Å². The lowest BCUT2D eigenvalue weighted by Gasteiger charge is -2.37. The Morgan fingerprint density at radius 3 is 2.48 bits per heavy atom. The second kappa shape index (κ2) is 6.15. The molecule has 1 aliphatic rings. The number of nitrogens with zero attached hydrogens (tertiary/aromatic N) is 2. The topological polar surface area (TPSA) is 93.6 Å². The third-order valence-corrected chi connectivity index (χ3v) is 3.86. The number of ether oxygens (including phenoxy) is 2. The summed E-state index contributed by atoms with van der Waals surface area (Å²) in [6.07, 6.45) is 3.00. The van der Waals surface area contributed by atoms with E-state index in [1.807, 2.05) is 0 Å². The van der Waals surface area contributed by atoms with Crippen molar-refractivity contribution in [1.82, 2.24) is 9.97 Å². The molecule has 2 rings (SSSR count). The standard InChI is InChI=1S/C14H21N3O4/c1-9-5-4-6-14(8-9,12(18)19)17-13-15-10(20-2)7-11(16-13)21-3/h7,9H,4-6,8H2,1-3H3,(H,18,19)(H,15,16,17). The van der Waals surface area contributed by atoms with Gasteiger partial charge in [-0.05, 0) is 18.8 Å². The van der Waals surface area contributed by atoms with E-state index in [-0.39, 0.29) is 5.95 Å². The predicted molar refractivity (Wildman–Crippen MR) is 76.8 cm³/mol. The molecule has 2 atom stereocenters. The van der Waals surface area contributed by atoms with Crippen molar-refractivity contribution in [2.75, 3.05) is 19.5 Å². The Labute approximate surface area is 123 Å². The van der Waals surface area contributed by atoms with Gasteiger partial charge in [0.15, 0.2) is 0 Å². The van der Waals surface area contributed by atoms with E-state index >= 15 is 0 Å². The molecule has 1 saturated carbocycles. The minimum atomic E-state index is -1.03. The SMILES string of the molecule is COc1cc(OC)nc(NC2(C(=O)O)CCCC(C)C2)n1. The molecule has 0 spiro atoms. The van der Waals surface area contributed by atoms with Crippen LogP contribution in [0.2, 0.25) is 0 Å². The zero-order valence-corrected chi connectivity index (χ0v) is 12.5. The van der Waals surface area contributed by atoms with Crippen LogP contribution in [0.25, 0.3) is 0 Å². The first-order valence-electron chi connectivity index (χ1n) is 6.98. The number of carboxylic acid groups (broad SMARTS) is 1. The number of carboxylic acids is 1. The van der Waals surface area contributed by atoms with Gasteiger partial charge in [-0.3, -0.25) is 0 Å². The molecule has 1 aromatic rings. The van der Waals surface area contributed by atoms with E-state index in [2.05, 4.69) is 22.2 Å². The van der Waals surface area contributed by atoms with E-state index in [4.69, 9.17) is 9.47 Å². The Balaban J connectivity index is 2.30. The Kier molecular flexibility index (Phi) is 4.50. The number of methoxy groups -OCH3 is 2. The van der Waals surface area contributed by atoms with Crippen LogP contribution >= 0.6 is 0 Å². The van der Waals surface area contributed by atoms with Gasteiger partial charge in [0.2, 0.25) is 17.7 Å². The quantitative estimate of drug-likeness (QED) is 0.857. The van der Waals surface area contributed by atoms with Crippen molar-refractivity contribution in [3.63, 3.8) is 0 Å². The molecule has 7 nitrogen and oxygen atoms in total. The molecule has 21 heavy (non-hydrogen) atoms. The average Bonchev–Trinajstić information content (AvgIpc) is 2.46. The molecule has 0 amide bonds. The van der Waals surface area contributed by atoms with E-state index in [0.29, 0.717) is 30.5 Å². The maximum Gasteiger partial charge on any atom is 0.329 e. The Morgan fingerprint density at radius 2 is 2.00 bits per heavy atom. The molecule has 0 aliphatic heterocycles. The molecule has 1 aromatic heterocycles. The van der Waals surface area contributed by atoms with Gasteiger partial charge in [-0.25, -0.2) is 4.79 Å². The molecule has 0 saturated heterocycles. The van der Waals surface area contributed by atoms with E-state index in [1.165, 1.54) is 14.2 Å². The zero-order chi connectivity index (χ0) is 15.5. The van der Waals surface area contributed by atoms with E-state index in [9.17, 15) is 9.90 Å². The lowest BCUT2D eigenvalue weighted by molar-refractivity contribution is -0.144. The molecule has 7 heteroatoms. The third kappa shape index (κ3) is 3.34. The maximum absolute atomic E-state index is 11.8. The Morgan fingerprint density at radius 1 is 1.38 bits per heavy atom. The van der Waals surface area contributed by atoms with Gasteiger partial charge in [-0.15, -0.1) is 0 Å². The predicted octanol–water partition coefficient (Wildman–Crippen LogP) is 1.94. The average molecular weight is 295 g/mol. The molecule has 0 aromatic carbocycles. The van der Waals surface area contributed by atoms with Crippen LogP contribution in [0.3, 0.4) is 0 Å². The van der Waals surface area contributed by atoms with Gasteiger partial charge in [0.05, 0.1) is 20.3 Å². The highest BCUT2D eigenvalue weighted by Crippen LogP contribution is 2.35. The van der Waals surface area contributed by atoms with Gasteiger partial charge in [0.1, 0.15) is 5.54 Å². The van der Waals surface area contributed by atoms with Crippen LogP contribution in [0.5, 0.6) is 11.8 Å². The van der Waals surface area contributed by atoms with E-state index in [0.717, 1.165) is 12.8 Å². The van der Waals surface area contributed by atoms with Gasteiger partial charge in [0, 0.05) is 0 Å². The fourth-order valence-electron chi connectivity index (χ4n) is 2.80. The number of nitrogens with one attached hydrogen (secondary N) is 1. The van der Waals surface area contributed by atoms with Crippen molar-refractivity contribution in [2.24, 2.45) is 5.92 Å². The third-order valence-electron chi connectivity index (χ3n) is 3.86. The van der Waals surface area contributed by atoms with Gasteiger partial charge < -0.3 is 19.9 Å². The normalized spacial score (nSPS) is 25.2. The van der Waals surface area contributed by atoms with Crippen LogP contribution in [-0.4, -0.2) is 40.8 Å². The number of aromatic nitrogens is 2. The van der Waals surface area contributed by atoms with Gasteiger partial charge in [-0.1, -0.05) is 19.8 Å². The van der Waals surface area contributed by atoms with Crippen LogP contribution in [-0.2, 0) is 4.79 Å². The Hall–Kier alpha value is -2.05. The highest BCUT2D eigenvalue weighted by molar-refractivity contribution is 5.82. The fraction of sp³-hybridized carbons (Fsp3) is 0.643. The summed E-state index contributed by atoms with van der Waals surface area (Å²) in [5, 5.41) is 12.6. The largest absolute Gasteiger partial charge is 0.481 e. The maximum atomic E-state index is 11.8. The second-order valence-electron chi connectivity index (χ2n) is 5.49. The minimum Gasteiger partial charge on any atom is -0.481 e. The summed E-state index contributed by atoms with van der Waals surface area (Å²) in [4.78, 5) is 20.1. The summed E-state index contributed by atoms with van der Waals surface area (Å²) in [7, 11) is 2.97. The first-order valence-corrected chi connectivity index (χ1v) is 6.98. The summed E-state index contributed by atoms with van der Waals surface area (Å²) in [5.41, 5.74) is -1.03. The molecule has 0 radical (unpaired) electrons. The highest BCUT2D eigenvalue weighted by Gasteiger charge is 2.42. The lowest BCUT2D eigenvalue weighted by atomic mass is 9.76. The van der Waals surface area contributed by atoms with Gasteiger partial charge in [0.25, 0.3) is 0 Å². The molecular formula is C14H21N3O4. The van der Waals surface area contributed by atoms with Crippen molar-refractivity contribution < 1.29 is 19.4 Å². The number of anilines is 1. The number of hydrogen-bond acceptors (Lipinski definition) is 6. The minimum absolute atomic E-state index is 0.211. The van der Waals surface area contributed by atoms with Crippen molar-refractivity contribution in [3.05, 3.63) is 6.07 Å². The number of aliphatic carboxylic acids is 1.